The van der Waals surface area contributed by atoms with Crippen molar-refractivity contribution in [2.75, 3.05) is 37.6 Å². The van der Waals surface area contributed by atoms with Gasteiger partial charge >= 0.3 is 0 Å². The normalized spacial score (nSPS) is 21.1. The van der Waals surface area contributed by atoms with Crippen LogP contribution in [0.1, 0.15) is 49.0 Å². The van der Waals surface area contributed by atoms with Gasteiger partial charge in [0.2, 0.25) is 11.8 Å². The molecule has 8 heteroatoms. The van der Waals surface area contributed by atoms with E-state index in [2.05, 4.69) is 31.7 Å². The molecule has 2 aliphatic rings. The third kappa shape index (κ3) is 4.16. The third-order valence-corrected chi connectivity index (χ3v) is 5.70. The Balaban J connectivity index is 1.32. The Hall–Kier alpha value is -2.48. The largest absolute Gasteiger partial charge is 0.447 e. The highest BCUT2D eigenvalue weighted by Crippen LogP contribution is 2.22. The molecule has 28 heavy (non-hydrogen) atoms. The SMILES string of the molecule is CC[C@@H]1CCCCN1C(=O)c1coc(CN2CCN(c3ncccn3)CC2)n1. The second-order valence-electron chi connectivity index (χ2n) is 7.49. The minimum absolute atomic E-state index is 0.00703. The summed E-state index contributed by atoms with van der Waals surface area (Å²) >= 11 is 0. The lowest BCUT2D eigenvalue weighted by Gasteiger charge is -2.34. The van der Waals surface area contributed by atoms with Crippen LogP contribution in [0.2, 0.25) is 0 Å². The van der Waals surface area contributed by atoms with Crippen molar-refractivity contribution in [3.05, 3.63) is 36.3 Å². The number of carbonyl (C=O) groups is 1. The molecule has 0 spiro atoms. The number of rotatable bonds is 5. The molecule has 0 bridgehead atoms. The van der Waals surface area contributed by atoms with Crippen molar-refractivity contribution >= 4 is 11.9 Å². The maximum atomic E-state index is 12.8. The molecule has 2 saturated heterocycles. The van der Waals surface area contributed by atoms with Crippen LogP contribution in [0.15, 0.2) is 29.1 Å². The summed E-state index contributed by atoms with van der Waals surface area (Å²) in [4.78, 5) is 32.4. The van der Waals surface area contributed by atoms with Crippen LogP contribution in [0.25, 0.3) is 0 Å². The van der Waals surface area contributed by atoms with Crippen molar-refractivity contribution in [3.63, 3.8) is 0 Å². The van der Waals surface area contributed by atoms with Gasteiger partial charge < -0.3 is 14.2 Å². The van der Waals surface area contributed by atoms with Crippen LogP contribution in [0, 0.1) is 0 Å². The Morgan fingerprint density at radius 1 is 1.14 bits per heavy atom. The predicted octanol–water partition coefficient (Wildman–Crippen LogP) is 2.19. The molecule has 4 rings (SSSR count). The van der Waals surface area contributed by atoms with Gasteiger partial charge in [0.1, 0.15) is 6.26 Å². The van der Waals surface area contributed by atoms with E-state index in [-0.39, 0.29) is 5.91 Å². The fraction of sp³-hybridized carbons (Fsp3) is 0.600. The summed E-state index contributed by atoms with van der Waals surface area (Å²) in [6, 6.07) is 2.16. The van der Waals surface area contributed by atoms with Crippen molar-refractivity contribution in [2.45, 2.75) is 45.2 Å². The minimum atomic E-state index is 0.00703. The van der Waals surface area contributed by atoms with E-state index in [1.165, 1.54) is 12.7 Å². The number of anilines is 1. The van der Waals surface area contributed by atoms with E-state index in [9.17, 15) is 4.79 Å². The number of piperazine rings is 1. The number of piperidine rings is 1. The minimum Gasteiger partial charge on any atom is -0.447 e. The van der Waals surface area contributed by atoms with Crippen LogP contribution < -0.4 is 4.90 Å². The maximum Gasteiger partial charge on any atom is 0.276 e. The highest BCUT2D eigenvalue weighted by molar-refractivity contribution is 5.92. The molecule has 2 fully saturated rings. The zero-order valence-corrected chi connectivity index (χ0v) is 16.5. The molecule has 8 nitrogen and oxygen atoms in total. The summed E-state index contributed by atoms with van der Waals surface area (Å²) in [5.74, 6) is 1.39. The second-order valence-corrected chi connectivity index (χ2v) is 7.49. The number of carbonyl (C=O) groups excluding carboxylic acids is 1. The van der Waals surface area contributed by atoms with Crippen LogP contribution >= 0.6 is 0 Å². The standard InChI is InChI=1S/C20H28N6O2/c1-2-16-6-3-4-9-26(16)19(27)17-15-28-18(23-17)14-24-10-12-25(13-11-24)20-21-7-5-8-22-20/h5,7-8,15-16H,2-4,6,9-14H2,1H3/t16-/m1/s1. The van der Waals surface area contributed by atoms with Crippen LogP contribution in [0.3, 0.4) is 0 Å². The molecule has 4 heterocycles. The van der Waals surface area contributed by atoms with E-state index in [1.54, 1.807) is 12.4 Å². The first-order valence-corrected chi connectivity index (χ1v) is 10.2. The first-order valence-electron chi connectivity index (χ1n) is 10.2. The third-order valence-electron chi connectivity index (χ3n) is 5.70. The molecule has 150 valence electrons. The number of amides is 1. The molecule has 1 atom stereocenters. The summed E-state index contributed by atoms with van der Waals surface area (Å²) in [6.07, 6.45) is 9.41. The molecule has 2 aromatic rings. The average molecular weight is 384 g/mol. The predicted molar refractivity (Wildman–Crippen MR) is 105 cm³/mol. The van der Waals surface area contributed by atoms with Crippen molar-refractivity contribution in [1.29, 1.82) is 0 Å². The molecule has 2 aliphatic heterocycles. The van der Waals surface area contributed by atoms with E-state index < -0.39 is 0 Å². The van der Waals surface area contributed by atoms with Gasteiger partial charge in [0.25, 0.3) is 5.91 Å². The lowest BCUT2D eigenvalue weighted by molar-refractivity contribution is 0.0602. The Kier molecular flexibility index (Phi) is 5.85. The Labute approximate surface area is 165 Å². The summed E-state index contributed by atoms with van der Waals surface area (Å²) in [7, 11) is 0. The van der Waals surface area contributed by atoms with Gasteiger partial charge in [-0.3, -0.25) is 9.69 Å². The molecular formula is C20H28N6O2. The molecular weight excluding hydrogens is 356 g/mol. The van der Waals surface area contributed by atoms with E-state index in [0.29, 0.717) is 24.2 Å². The van der Waals surface area contributed by atoms with E-state index in [0.717, 1.165) is 57.9 Å². The van der Waals surface area contributed by atoms with Crippen LogP contribution in [0.4, 0.5) is 5.95 Å². The molecule has 0 N–H and O–H groups in total. The molecule has 2 aromatic heterocycles. The van der Waals surface area contributed by atoms with Gasteiger partial charge in [0.15, 0.2) is 5.69 Å². The zero-order valence-electron chi connectivity index (χ0n) is 16.5. The van der Waals surface area contributed by atoms with E-state index in [4.69, 9.17) is 4.42 Å². The topological polar surface area (TPSA) is 78.6 Å². The molecule has 0 unspecified atom stereocenters. The van der Waals surface area contributed by atoms with E-state index >= 15 is 0 Å². The zero-order chi connectivity index (χ0) is 19.3. The summed E-state index contributed by atoms with van der Waals surface area (Å²) in [5, 5.41) is 0. The number of oxazole rings is 1. The van der Waals surface area contributed by atoms with Gasteiger partial charge in [-0.25, -0.2) is 15.0 Å². The van der Waals surface area contributed by atoms with Crippen LogP contribution in [-0.2, 0) is 6.54 Å². The average Bonchev–Trinajstić information content (AvgIpc) is 3.23. The highest BCUT2D eigenvalue weighted by Gasteiger charge is 2.28. The Morgan fingerprint density at radius 2 is 1.93 bits per heavy atom. The summed E-state index contributed by atoms with van der Waals surface area (Å²) < 4.78 is 5.62. The number of likely N-dealkylation sites (tertiary alicyclic amines) is 1. The van der Waals surface area contributed by atoms with Gasteiger partial charge in [-0.2, -0.15) is 0 Å². The number of nitrogens with zero attached hydrogens (tertiary/aromatic N) is 6. The van der Waals surface area contributed by atoms with Crippen molar-refractivity contribution in [1.82, 2.24) is 24.8 Å². The lowest BCUT2D eigenvalue weighted by Crippen LogP contribution is -2.46. The van der Waals surface area contributed by atoms with Gasteiger partial charge in [0, 0.05) is 51.2 Å². The first kappa shape index (κ1) is 18.9. The highest BCUT2D eigenvalue weighted by atomic mass is 16.3. The maximum absolute atomic E-state index is 12.8. The van der Waals surface area contributed by atoms with Crippen molar-refractivity contribution in [3.8, 4) is 0 Å². The number of hydrogen-bond donors (Lipinski definition) is 0. The molecule has 0 radical (unpaired) electrons. The molecule has 0 saturated carbocycles. The molecule has 0 aliphatic carbocycles. The Bertz CT molecular complexity index is 772. The van der Waals surface area contributed by atoms with Crippen LogP contribution in [-0.4, -0.2) is 69.4 Å². The van der Waals surface area contributed by atoms with Gasteiger partial charge in [0.05, 0.1) is 6.54 Å². The van der Waals surface area contributed by atoms with E-state index in [1.807, 2.05) is 11.0 Å². The second kappa shape index (κ2) is 8.68. The van der Waals surface area contributed by atoms with Crippen molar-refractivity contribution in [2.24, 2.45) is 0 Å². The van der Waals surface area contributed by atoms with Gasteiger partial charge in [-0.1, -0.05) is 6.92 Å². The van der Waals surface area contributed by atoms with Gasteiger partial charge in [-0.05, 0) is 31.7 Å². The lowest BCUT2D eigenvalue weighted by atomic mass is 10.00. The van der Waals surface area contributed by atoms with Gasteiger partial charge in [-0.15, -0.1) is 0 Å². The van der Waals surface area contributed by atoms with Crippen molar-refractivity contribution < 1.29 is 9.21 Å². The van der Waals surface area contributed by atoms with Crippen LogP contribution in [0.5, 0.6) is 0 Å². The summed E-state index contributed by atoms with van der Waals surface area (Å²) in [5.41, 5.74) is 0.437. The fourth-order valence-corrected chi connectivity index (χ4v) is 4.07. The fourth-order valence-electron chi connectivity index (χ4n) is 4.07. The first-order chi connectivity index (χ1) is 13.7. The number of aromatic nitrogens is 3. The quantitative estimate of drug-likeness (QED) is 0.782. The Morgan fingerprint density at radius 3 is 2.68 bits per heavy atom. The monoisotopic (exact) mass is 384 g/mol. The number of hydrogen-bond acceptors (Lipinski definition) is 7. The smallest absolute Gasteiger partial charge is 0.276 e. The molecule has 0 aromatic carbocycles. The molecule has 1 amide bonds. The summed E-state index contributed by atoms with van der Waals surface area (Å²) in [6.45, 7) is 7.08.